The van der Waals surface area contributed by atoms with E-state index in [-0.39, 0.29) is 17.8 Å². The Hall–Kier alpha value is -1.55. The topological polar surface area (TPSA) is 55.4 Å². The summed E-state index contributed by atoms with van der Waals surface area (Å²) in [7, 11) is 0. The van der Waals surface area contributed by atoms with Gasteiger partial charge in [0, 0.05) is 0 Å². The zero-order valence-electron chi connectivity index (χ0n) is 8.35. The number of nitrogens with one attached hydrogen (secondary N) is 1. The van der Waals surface area contributed by atoms with E-state index in [4.69, 9.17) is 16.3 Å². The SMILES string of the molecule is O=C(CCl)O[C@H]1C(=O)N[C@H]1c1ccccc1. The summed E-state index contributed by atoms with van der Waals surface area (Å²) in [6.45, 7) is 0. The largest absolute Gasteiger partial charge is 0.449 e. The molecule has 0 radical (unpaired) electrons. The molecule has 0 bridgehead atoms. The van der Waals surface area contributed by atoms with E-state index in [0.717, 1.165) is 5.56 Å². The lowest BCUT2D eigenvalue weighted by molar-refractivity contribution is -0.164. The Bertz CT molecular complexity index is 407. The fourth-order valence-electron chi connectivity index (χ4n) is 1.58. The van der Waals surface area contributed by atoms with Gasteiger partial charge in [0.1, 0.15) is 11.9 Å². The number of β-lactam (4-membered cyclic amide) rings is 1. The number of ether oxygens (including phenoxy) is 1. The molecular weight excluding hydrogens is 230 g/mol. The molecule has 1 amide bonds. The molecule has 0 spiro atoms. The number of hydrogen-bond acceptors (Lipinski definition) is 3. The number of rotatable bonds is 3. The highest BCUT2D eigenvalue weighted by molar-refractivity contribution is 6.26. The second-order valence-electron chi connectivity index (χ2n) is 3.44. The third-order valence-electron chi connectivity index (χ3n) is 2.39. The van der Waals surface area contributed by atoms with Gasteiger partial charge in [0.25, 0.3) is 5.91 Å². The minimum absolute atomic E-state index is 0.245. The molecule has 1 aromatic rings. The van der Waals surface area contributed by atoms with E-state index in [1.165, 1.54) is 0 Å². The van der Waals surface area contributed by atoms with Crippen LogP contribution in [0.25, 0.3) is 0 Å². The lowest BCUT2D eigenvalue weighted by atomic mass is 9.94. The molecule has 1 saturated heterocycles. The van der Waals surface area contributed by atoms with Crippen molar-refractivity contribution in [3.05, 3.63) is 35.9 Å². The van der Waals surface area contributed by atoms with Crippen LogP contribution in [0.2, 0.25) is 0 Å². The molecule has 1 aromatic carbocycles. The summed E-state index contributed by atoms with van der Waals surface area (Å²) in [5.41, 5.74) is 0.912. The van der Waals surface area contributed by atoms with Gasteiger partial charge in [0.05, 0.1) is 0 Å². The normalized spacial score (nSPS) is 23.2. The minimum Gasteiger partial charge on any atom is -0.449 e. The van der Waals surface area contributed by atoms with Crippen LogP contribution >= 0.6 is 11.6 Å². The average Bonchev–Trinajstić information content (AvgIpc) is 2.33. The van der Waals surface area contributed by atoms with Gasteiger partial charge in [-0.1, -0.05) is 30.3 Å². The van der Waals surface area contributed by atoms with Gasteiger partial charge in [-0.15, -0.1) is 11.6 Å². The molecule has 0 aliphatic carbocycles. The maximum atomic E-state index is 11.2. The van der Waals surface area contributed by atoms with E-state index in [1.807, 2.05) is 30.3 Å². The van der Waals surface area contributed by atoms with Crippen molar-refractivity contribution in [1.82, 2.24) is 5.32 Å². The molecule has 2 atom stereocenters. The lowest BCUT2D eigenvalue weighted by Crippen LogP contribution is -2.57. The molecule has 5 heteroatoms. The third kappa shape index (κ3) is 2.02. The smallest absolute Gasteiger partial charge is 0.321 e. The maximum absolute atomic E-state index is 11.2. The van der Waals surface area contributed by atoms with Crippen LogP contribution in [0.3, 0.4) is 0 Å². The summed E-state index contributed by atoms with van der Waals surface area (Å²) >= 11 is 5.31. The molecule has 1 aliphatic heterocycles. The lowest BCUT2D eigenvalue weighted by Gasteiger charge is -2.35. The molecular formula is C11H10ClNO3. The molecule has 1 N–H and O–H groups in total. The monoisotopic (exact) mass is 239 g/mol. The van der Waals surface area contributed by atoms with E-state index in [9.17, 15) is 9.59 Å². The molecule has 1 aliphatic rings. The quantitative estimate of drug-likeness (QED) is 0.487. The van der Waals surface area contributed by atoms with Crippen molar-refractivity contribution in [3.8, 4) is 0 Å². The van der Waals surface area contributed by atoms with Crippen molar-refractivity contribution in [3.63, 3.8) is 0 Å². The van der Waals surface area contributed by atoms with E-state index in [0.29, 0.717) is 0 Å². The van der Waals surface area contributed by atoms with Gasteiger partial charge in [0.15, 0.2) is 0 Å². The van der Waals surface area contributed by atoms with Crippen LogP contribution in [0.5, 0.6) is 0 Å². The van der Waals surface area contributed by atoms with Crippen molar-refractivity contribution in [2.24, 2.45) is 0 Å². The second-order valence-corrected chi connectivity index (χ2v) is 3.71. The Labute approximate surface area is 97.5 Å². The van der Waals surface area contributed by atoms with Gasteiger partial charge >= 0.3 is 5.97 Å². The van der Waals surface area contributed by atoms with Crippen molar-refractivity contribution >= 4 is 23.5 Å². The van der Waals surface area contributed by atoms with Crippen LogP contribution in [0, 0.1) is 0 Å². The molecule has 1 fully saturated rings. The summed E-state index contributed by atoms with van der Waals surface area (Å²) in [5.74, 6) is -1.11. The van der Waals surface area contributed by atoms with Crippen LogP contribution in [-0.2, 0) is 14.3 Å². The van der Waals surface area contributed by atoms with E-state index in [1.54, 1.807) is 0 Å². The maximum Gasteiger partial charge on any atom is 0.321 e. The predicted molar refractivity (Wildman–Crippen MR) is 57.9 cm³/mol. The minimum atomic E-state index is -0.756. The number of alkyl halides is 1. The number of hydrogen-bond donors (Lipinski definition) is 1. The first-order valence-corrected chi connectivity index (χ1v) is 5.36. The van der Waals surface area contributed by atoms with Crippen molar-refractivity contribution in [1.29, 1.82) is 0 Å². The van der Waals surface area contributed by atoms with Crippen LogP contribution in [0.4, 0.5) is 0 Å². The second kappa shape index (κ2) is 4.53. The summed E-state index contributed by atoms with van der Waals surface area (Å²) in [5, 5.41) is 2.68. The van der Waals surface area contributed by atoms with Crippen LogP contribution in [-0.4, -0.2) is 23.9 Å². The molecule has 0 unspecified atom stereocenters. The zero-order valence-corrected chi connectivity index (χ0v) is 9.11. The number of esters is 1. The summed E-state index contributed by atoms with van der Waals surface area (Å²) in [6, 6.07) is 9.07. The van der Waals surface area contributed by atoms with Crippen LogP contribution in [0.1, 0.15) is 11.6 Å². The molecule has 1 heterocycles. The molecule has 0 saturated carbocycles. The fourth-order valence-corrected chi connectivity index (χ4v) is 1.64. The van der Waals surface area contributed by atoms with Crippen molar-refractivity contribution in [2.75, 3.05) is 5.88 Å². The first-order chi connectivity index (χ1) is 7.72. The van der Waals surface area contributed by atoms with Gasteiger partial charge in [-0.25, -0.2) is 0 Å². The third-order valence-corrected chi connectivity index (χ3v) is 2.60. The van der Waals surface area contributed by atoms with Crippen LogP contribution in [0.15, 0.2) is 30.3 Å². The summed E-state index contributed by atoms with van der Waals surface area (Å²) in [6.07, 6.45) is -0.756. The average molecular weight is 240 g/mol. The Morgan fingerprint density at radius 1 is 1.38 bits per heavy atom. The van der Waals surface area contributed by atoms with Crippen molar-refractivity contribution < 1.29 is 14.3 Å². The first-order valence-electron chi connectivity index (χ1n) is 4.83. The van der Waals surface area contributed by atoms with Crippen molar-refractivity contribution in [2.45, 2.75) is 12.1 Å². The van der Waals surface area contributed by atoms with Gasteiger partial charge in [-0.05, 0) is 5.56 Å². The zero-order chi connectivity index (χ0) is 11.5. The van der Waals surface area contributed by atoms with Gasteiger partial charge in [-0.3, -0.25) is 9.59 Å². The standard InChI is InChI=1S/C11H10ClNO3/c12-6-8(14)16-10-9(13-11(10)15)7-4-2-1-3-5-7/h1-5,9-10H,6H2,(H,13,15)/t9-,10+/m0/s1. The Morgan fingerprint density at radius 2 is 2.06 bits per heavy atom. The summed E-state index contributed by atoms with van der Waals surface area (Å²) < 4.78 is 4.93. The first kappa shape index (κ1) is 11.0. The molecule has 84 valence electrons. The molecule has 4 nitrogen and oxygen atoms in total. The molecule has 2 rings (SSSR count). The predicted octanol–water partition coefficient (Wildman–Crippen LogP) is 1.01. The fraction of sp³-hybridized carbons (Fsp3) is 0.273. The number of amides is 1. The highest BCUT2D eigenvalue weighted by Crippen LogP contribution is 2.26. The van der Waals surface area contributed by atoms with E-state index in [2.05, 4.69) is 5.32 Å². The van der Waals surface area contributed by atoms with E-state index >= 15 is 0 Å². The molecule has 16 heavy (non-hydrogen) atoms. The van der Waals surface area contributed by atoms with Gasteiger partial charge < -0.3 is 10.1 Å². The van der Waals surface area contributed by atoms with Gasteiger partial charge in [0.2, 0.25) is 6.10 Å². The number of halogens is 1. The Kier molecular flexibility index (Phi) is 3.10. The Morgan fingerprint density at radius 3 is 2.62 bits per heavy atom. The number of carbonyl (C=O) groups is 2. The molecule has 0 aromatic heterocycles. The highest BCUT2D eigenvalue weighted by atomic mass is 35.5. The van der Waals surface area contributed by atoms with Crippen LogP contribution < -0.4 is 5.32 Å². The Balaban J connectivity index is 2.07. The number of benzene rings is 1. The number of carbonyl (C=O) groups excluding carboxylic acids is 2. The van der Waals surface area contributed by atoms with E-state index < -0.39 is 12.1 Å². The van der Waals surface area contributed by atoms with Gasteiger partial charge in [-0.2, -0.15) is 0 Å². The summed E-state index contributed by atoms with van der Waals surface area (Å²) in [4.78, 5) is 22.2. The highest BCUT2D eigenvalue weighted by Gasteiger charge is 2.43.